The van der Waals surface area contributed by atoms with Gasteiger partial charge < -0.3 is 23.8 Å². The SMILES string of the molecule is C=CC=CC=CC=CC(=O)N(O)C1(C(=O)N(C)C(C(=O)OC)C(C)OC)COCO1. The van der Waals surface area contributed by atoms with E-state index in [9.17, 15) is 19.6 Å². The second kappa shape index (κ2) is 12.0. The summed E-state index contributed by atoms with van der Waals surface area (Å²) in [5, 5.41) is 10.6. The van der Waals surface area contributed by atoms with Crippen LogP contribution >= 0.6 is 0 Å². The molecular formula is C20H28N2O8. The third-order valence-corrected chi connectivity index (χ3v) is 4.38. The van der Waals surface area contributed by atoms with Gasteiger partial charge >= 0.3 is 5.97 Å². The summed E-state index contributed by atoms with van der Waals surface area (Å²) in [4.78, 5) is 38.8. The lowest BCUT2D eigenvalue weighted by atomic mass is 10.1. The molecule has 1 rings (SSSR count). The molecule has 1 saturated heterocycles. The lowest BCUT2D eigenvalue weighted by Crippen LogP contribution is -2.64. The molecule has 0 aromatic carbocycles. The van der Waals surface area contributed by atoms with Crippen LogP contribution in [-0.4, -0.2) is 85.5 Å². The standard InChI is InChI=1S/C20H28N2O8/c1-6-7-8-9-10-11-12-16(23)22(26)20(13-29-14-30-20)19(25)21(3)17(15(2)27-4)18(24)28-5/h6-12,15,17,26H,1,13-14H2,2-5H3. The van der Waals surface area contributed by atoms with Gasteiger partial charge in [0, 0.05) is 20.2 Å². The van der Waals surface area contributed by atoms with E-state index in [0.717, 1.165) is 11.0 Å². The van der Waals surface area contributed by atoms with E-state index in [1.807, 2.05) is 0 Å². The van der Waals surface area contributed by atoms with Crippen LogP contribution in [0.4, 0.5) is 0 Å². The first kappa shape index (κ1) is 25.2. The molecule has 10 heteroatoms. The summed E-state index contributed by atoms with van der Waals surface area (Å²) in [6.45, 7) is 4.34. The maximum absolute atomic E-state index is 13.2. The molecular weight excluding hydrogens is 396 g/mol. The van der Waals surface area contributed by atoms with Crippen LogP contribution in [0.2, 0.25) is 0 Å². The predicted molar refractivity (Wildman–Crippen MR) is 106 cm³/mol. The zero-order valence-electron chi connectivity index (χ0n) is 17.5. The second-order valence-corrected chi connectivity index (χ2v) is 6.23. The minimum absolute atomic E-state index is 0.147. The Balaban J connectivity index is 3.10. The van der Waals surface area contributed by atoms with Crippen LogP contribution in [0.25, 0.3) is 0 Å². The van der Waals surface area contributed by atoms with Crippen molar-refractivity contribution in [1.82, 2.24) is 9.96 Å². The molecule has 166 valence electrons. The van der Waals surface area contributed by atoms with E-state index < -0.39 is 42.3 Å². The van der Waals surface area contributed by atoms with Crippen LogP contribution in [0.1, 0.15) is 6.92 Å². The predicted octanol–water partition coefficient (Wildman–Crippen LogP) is 0.794. The minimum atomic E-state index is -2.16. The molecule has 30 heavy (non-hydrogen) atoms. The first-order chi connectivity index (χ1) is 14.3. The Kier molecular flexibility index (Phi) is 10.1. The Hall–Kier alpha value is -2.79. The Morgan fingerprint density at radius 3 is 2.33 bits per heavy atom. The summed E-state index contributed by atoms with van der Waals surface area (Å²) in [5.74, 6) is -2.54. The fourth-order valence-corrected chi connectivity index (χ4v) is 2.67. The first-order valence-electron chi connectivity index (χ1n) is 9.01. The minimum Gasteiger partial charge on any atom is -0.467 e. The van der Waals surface area contributed by atoms with E-state index in [0.29, 0.717) is 0 Å². The average molecular weight is 424 g/mol. The van der Waals surface area contributed by atoms with E-state index in [4.69, 9.17) is 18.9 Å². The smallest absolute Gasteiger partial charge is 0.331 e. The molecule has 1 N–H and O–H groups in total. The molecule has 0 radical (unpaired) electrons. The van der Waals surface area contributed by atoms with Crippen LogP contribution in [0.15, 0.2) is 49.1 Å². The van der Waals surface area contributed by atoms with Crippen molar-refractivity contribution in [2.75, 3.05) is 34.7 Å². The van der Waals surface area contributed by atoms with Crippen LogP contribution < -0.4 is 0 Å². The Morgan fingerprint density at radius 2 is 1.80 bits per heavy atom. The molecule has 3 unspecified atom stereocenters. The number of hydrogen-bond acceptors (Lipinski definition) is 8. The van der Waals surface area contributed by atoms with E-state index in [1.54, 1.807) is 37.3 Å². The van der Waals surface area contributed by atoms with Gasteiger partial charge in [0.05, 0.1) is 13.2 Å². The number of carbonyl (C=O) groups is 3. The van der Waals surface area contributed by atoms with E-state index in [-0.39, 0.29) is 11.9 Å². The molecule has 0 bridgehead atoms. The zero-order chi connectivity index (χ0) is 22.7. The average Bonchev–Trinajstić information content (AvgIpc) is 3.25. The van der Waals surface area contributed by atoms with Gasteiger partial charge in [-0.15, -0.1) is 0 Å². The largest absolute Gasteiger partial charge is 0.467 e. The highest BCUT2D eigenvalue weighted by Gasteiger charge is 2.54. The van der Waals surface area contributed by atoms with Crippen LogP contribution in [0.3, 0.4) is 0 Å². The van der Waals surface area contributed by atoms with Crippen molar-refractivity contribution in [2.45, 2.75) is 24.8 Å². The van der Waals surface area contributed by atoms with Crippen molar-refractivity contribution in [3.8, 4) is 0 Å². The molecule has 0 aromatic rings. The fraction of sp³-hybridized carbons (Fsp3) is 0.450. The molecule has 0 aromatic heterocycles. The van der Waals surface area contributed by atoms with Crippen molar-refractivity contribution in [3.05, 3.63) is 49.1 Å². The van der Waals surface area contributed by atoms with E-state index in [2.05, 4.69) is 6.58 Å². The summed E-state index contributed by atoms with van der Waals surface area (Å²) in [5.41, 5.74) is -2.16. The third-order valence-electron chi connectivity index (χ3n) is 4.38. The number of likely N-dealkylation sites (N-methyl/N-ethyl adjacent to an activating group) is 1. The molecule has 1 heterocycles. The van der Waals surface area contributed by atoms with Crippen molar-refractivity contribution in [2.24, 2.45) is 0 Å². The van der Waals surface area contributed by atoms with E-state index in [1.165, 1.54) is 27.3 Å². The number of carbonyl (C=O) groups excluding carboxylic acids is 3. The number of rotatable bonds is 10. The van der Waals surface area contributed by atoms with Gasteiger partial charge in [0.25, 0.3) is 17.5 Å². The van der Waals surface area contributed by atoms with Gasteiger partial charge in [0.15, 0.2) is 12.8 Å². The van der Waals surface area contributed by atoms with Gasteiger partial charge in [-0.25, -0.2) is 4.79 Å². The zero-order valence-corrected chi connectivity index (χ0v) is 17.5. The molecule has 10 nitrogen and oxygen atoms in total. The van der Waals surface area contributed by atoms with Gasteiger partial charge in [-0.05, 0) is 6.92 Å². The fourth-order valence-electron chi connectivity index (χ4n) is 2.67. The quantitative estimate of drug-likeness (QED) is 0.180. The molecule has 0 spiro atoms. The normalized spacial score (nSPS) is 21.1. The molecule has 1 aliphatic rings. The highest BCUT2D eigenvalue weighted by atomic mass is 16.8. The van der Waals surface area contributed by atoms with Crippen molar-refractivity contribution in [3.63, 3.8) is 0 Å². The number of methoxy groups -OCH3 is 2. The Morgan fingerprint density at radius 1 is 1.17 bits per heavy atom. The number of amides is 2. The number of allylic oxidation sites excluding steroid dienone is 6. The summed E-state index contributed by atoms with van der Waals surface area (Å²) in [6.07, 6.45) is 9.85. The molecule has 2 amide bonds. The summed E-state index contributed by atoms with van der Waals surface area (Å²) < 4.78 is 20.3. The van der Waals surface area contributed by atoms with Crippen molar-refractivity contribution >= 4 is 17.8 Å². The van der Waals surface area contributed by atoms with Crippen LogP contribution in [0, 0.1) is 0 Å². The van der Waals surface area contributed by atoms with Crippen molar-refractivity contribution in [1.29, 1.82) is 0 Å². The molecule has 3 atom stereocenters. The first-order valence-corrected chi connectivity index (χ1v) is 9.01. The van der Waals surface area contributed by atoms with Gasteiger partial charge in [-0.1, -0.05) is 43.0 Å². The number of ether oxygens (including phenoxy) is 4. The lowest BCUT2D eigenvalue weighted by Gasteiger charge is -2.38. The van der Waals surface area contributed by atoms with Gasteiger partial charge in [0.1, 0.15) is 6.61 Å². The summed E-state index contributed by atoms with van der Waals surface area (Å²) in [6, 6.07) is -1.15. The van der Waals surface area contributed by atoms with E-state index >= 15 is 0 Å². The third kappa shape index (κ3) is 5.86. The van der Waals surface area contributed by atoms with Crippen LogP contribution in [0.5, 0.6) is 0 Å². The molecule has 0 saturated carbocycles. The Bertz CT molecular complexity index is 710. The van der Waals surface area contributed by atoms with Crippen molar-refractivity contribution < 1.29 is 38.5 Å². The van der Waals surface area contributed by atoms with Gasteiger partial charge in [0.2, 0.25) is 0 Å². The number of esters is 1. The van der Waals surface area contributed by atoms with Crippen LogP contribution in [-0.2, 0) is 33.3 Å². The second-order valence-electron chi connectivity index (χ2n) is 6.23. The summed E-state index contributed by atoms with van der Waals surface area (Å²) in [7, 11) is 3.85. The topological polar surface area (TPSA) is 115 Å². The number of nitrogens with zero attached hydrogens (tertiary/aromatic N) is 2. The number of hydrogen-bond donors (Lipinski definition) is 1. The maximum Gasteiger partial charge on any atom is 0.331 e. The maximum atomic E-state index is 13.2. The Labute approximate surface area is 175 Å². The summed E-state index contributed by atoms with van der Waals surface area (Å²) >= 11 is 0. The molecule has 1 aliphatic heterocycles. The molecule has 1 fully saturated rings. The number of hydroxylamine groups is 2. The van der Waals surface area contributed by atoms with Gasteiger partial charge in [-0.3, -0.25) is 14.8 Å². The monoisotopic (exact) mass is 424 g/mol. The highest BCUT2D eigenvalue weighted by Crippen LogP contribution is 2.26. The highest BCUT2D eigenvalue weighted by molar-refractivity contribution is 5.95. The van der Waals surface area contributed by atoms with Gasteiger partial charge in [-0.2, -0.15) is 5.06 Å². The molecule has 0 aliphatic carbocycles. The lowest BCUT2D eigenvalue weighted by molar-refractivity contribution is -0.246.